The lowest BCUT2D eigenvalue weighted by Crippen LogP contribution is -2.06. The number of aliphatic hydroxyl groups excluding tert-OH is 1. The lowest BCUT2D eigenvalue weighted by atomic mass is 10.1. The second-order valence-electron chi connectivity index (χ2n) is 3.44. The highest BCUT2D eigenvalue weighted by atomic mass is 16.5. The van der Waals surface area contributed by atoms with E-state index in [4.69, 9.17) is 9.47 Å². The van der Waals surface area contributed by atoms with Crippen molar-refractivity contribution in [2.24, 2.45) is 0 Å². The lowest BCUT2D eigenvalue weighted by molar-refractivity contribution is -0.138. The van der Waals surface area contributed by atoms with Crippen molar-refractivity contribution in [3.8, 4) is 5.75 Å². The predicted molar refractivity (Wildman–Crippen MR) is 62.4 cm³/mol. The SMILES string of the molecule is CCOC(=O)C1=COc2ccccc2C(O)=C1. The number of hydrogen-bond acceptors (Lipinski definition) is 4. The summed E-state index contributed by atoms with van der Waals surface area (Å²) in [6.45, 7) is 1.99. The van der Waals surface area contributed by atoms with Gasteiger partial charge in [-0.1, -0.05) is 12.1 Å². The third-order valence-electron chi connectivity index (χ3n) is 2.28. The standard InChI is InChI=1S/C13H12O4/c1-2-16-13(15)9-7-11(14)10-5-3-4-6-12(10)17-8-9/h3-8,14H,2H2,1H3. The minimum absolute atomic E-state index is 0.0163. The molecule has 0 saturated carbocycles. The zero-order valence-electron chi connectivity index (χ0n) is 9.34. The fraction of sp³-hybridized carbons (Fsp3) is 0.154. The van der Waals surface area contributed by atoms with Crippen molar-refractivity contribution in [1.82, 2.24) is 0 Å². The van der Waals surface area contributed by atoms with Gasteiger partial charge in [0.05, 0.1) is 17.7 Å². The minimum atomic E-state index is -0.521. The summed E-state index contributed by atoms with van der Waals surface area (Å²) in [5.41, 5.74) is 0.726. The lowest BCUT2D eigenvalue weighted by Gasteiger charge is -2.03. The molecule has 4 nitrogen and oxygen atoms in total. The first-order valence-corrected chi connectivity index (χ1v) is 5.26. The number of aliphatic hydroxyl groups is 1. The van der Waals surface area contributed by atoms with Crippen LogP contribution in [-0.4, -0.2) is 17.7 Å². The summed E-state index contributed by atoms with van der Waals surface area (Å²) in [7, 11) is 0. The molecule has 1 aliphatic rings. The number of rotatable bonds is 2. The molecule has 0 radical (unpaired) electrons. The highest BCUT2D eigenvalue weighted by molar-refractivity contribution is 5.94. The Kier molecular flexibility index (Phi) is 3.14. The van der Waals surface area contributed by atoms with Gasteiger partial charge in [0.15, 0.2) is 0 Å². The van der Waals surface area contributed by atoms with Crippen LogP contribution in [0.15, 0.2) is 42.2 Å². The van der Waals surface area contributed by atoms with E-state index in [2.05, 4.69) is 0 Å². The number of esters is 1. The van der Waals surface area contributed by atoms with Crippen LogP contribution in [0.3, 0.4) is 0 Å². The Balaban J connectivity index is 2.35. The molecule has 0 aromatic heterocycles. The first-order valence-electron chi connectivity index (χ1n) is 5.26. The molecule has 0 atom stereocenters. The van der Waals surface area contributed by atoms with Crippen LogP contribution in [0.5, 0.6) is 5.75 Å². The maximum absolute atomic E-state index is 11.5. The molecule has 88 valence electrons. The van der Waals surface area contributed by atoms with Gasteiger partial charge in [0.25, 0.3) is 0 Å². The Morgan fingerprint density at radius 1 is 1.41 bits per heavy atom. The second-order valence-corrected chi connectivity index (χ2v) is 3.44. The van der Waals surface area contributed by atoms with E-state index in [0.717, 1.165) is 0 Å². The van der Waals surface area contributed by atoms with Crippen LogP contribution in [-0.2, 0) is 9.53 Å². The van der Waals surface area contributed by atoms with E-state index >= 15 is 0 Å². The highest BCUT2D eigenvalue weighted by Gasteiger charge is 2.16. The third-order valence-corrected chi connectivity index (χ3v) is 2.28. The minimum Gasteiger partial charge on any atom is -0.507 e. The largest absolute Gasteiger partial charge is 0.507 e. The molecule has 0 bridgehead atoms. The summed E-state index contributed by atoms with van der Waals surface area (Å²) in [4.78, 5) is 11.5. The van der Waals surface area contributed by atoms with E-state index in [1.165, 1.54) is 12.3 Å². The normalized spacial score (nSPS) is 13.7. The molecule has 0 fully saturated rings. The van der Waals surface area contributed by atoms with Crippen molar-refractivity contribution in [2.45, 2.75) is 6.92 Å². The first-order chi connectivity index (χ1) is 8.22. The average Bonchev–Trinajstić information content (AvgIpc) is 2.50. The van der Waals surface area contributed by atoms with Crippen molar-refractivity contribution in [3.63, 3.8) is 0 Å². The van der Waals surface area contributed by atoms with Crippen molar-refractivity contribution >= 4 is 11.7 Å². The third kappa shape index (κ3) is 2.30. The number of ether oxygens (including phenoxy) is 2. The Morgan fingerprint density at radius 3 is 2.94 bits per heavy atom. The second kappa shape index (κ2) is 4.74. The van der Waals surface area contributed by atoms with Crippen LogP contribution in [0.4, 0.5) is 0 Å². The zero-order chi connectivity index (χ0) is 12.3. The fourth-order valence-electron chi connectivity index (χ4n) is 1.49. The topological polar surface area (TPSA) is 55.8 Å². The molecular weight excluding hydrogens is 220 g/mol. The van der Waals surface area contributed by atoms with Crippen LogP contribution < -0.4 is 4.74 Å². The highest BCUT2D eigenvalue weighted by Crippen LogP contribution is 2.28. The van der Waals surface area contributed by atoms with Crippen LogP contribution in [0.25, 0.3) is 5.76 Å². The van der Waals surface area contributed by atoms with E-state index in [-0.39, 0.29) is 17.9 Å². The number of carbonyl (C=O) groups excluding carboxylic acids is 1. The summed E-state index contributed by atoms with van der Waals surface area (Å²) in [6.07, 6.45) is 2.61. The summed E-state index contributed by atoms with van der Waals surface area (Å²) >= 11 is 0. The van der Waals surface area contributed by atoms with Gasteiger partial charge in [-0.2, -0.15) is 0 Å². The molecular formula is C13H12O4. The monoisotopic (exact) mass is 232 g/mol. The molecule has 1 heterocycles. The van der Waals surface area contributed by atoms with Gasteiger partial charge in [0.1, 0.15) is 17.8 Å². The van der Waals surface area contributed by atoms with E-state index < -0.39 is 5.97 Å². The van der Waals surface area contributed by atoms with Crippen molar-refractivity contribution in [1.29, 1.82) is 0 Å². The summed E-state index contributed by atoms with van der Waals surface area (Å²) in [6, 6.07) is 6.99. The smallest absolute Gasteiger partial charge is 0.341 e. The van der Waals surface area contributed by atoms with E-state index in [9.17, 15) is 9.90 Å². The molecule has 1 aliphatic heterocycles. The van der Waals surface area contributed by atoms with Gasteiger partial charge in [-0.25, -0.2) is 4.79 Å². The summed E-state index contributed by atoms with van der Waals surface area (Å²) < 4.78 is 10.2. The molecule has 0 unspecified atom stereocenters. The van der Waals surface area contributed by atoms with Crippen molar-refractivity contribution in [3.05, 3.63) is 47.7 Å². The van der Waals surface area contributed by atoms with Gasteiger partial charge in [-0.15, -0.1) is 0 Å². The molecule has 17 heavy (non-hydrogen) atoms. The molecule has 1 aromatic rings. The Labute approximate surface area is 98.8 Å². The zero-order valence-corrected chi connectivity index (χ0v) is 9.34. The Hall–Kier alpha value is -2.23. The van der Waals surface area contributed by atoms with Gasteiger partial charge >= 0.3 is 5.97 Å². The summed E-state index contributed by atoms with van der Waals surface area (Å²) in [5.74, 6) is -0.0372. The van der Waals surface area contributed by atoms with Gasteiger partial charge in [-0.3, -0.25) is 0 Å². The van der Waals surface area contributed by atoms with E-state index in [1.807, 2.05) is 0 Å². The number of hydrogen-bond donors (Lipinski definition) is 1. The van der Waals surface area contributed by atoms with Gasteiger partial charge in [0.2, 0.25) is 0 Å². The molecule has 0 saturated heterocycles. The van der Waals surface area contributed by atoms with Crippen molar-refractivity contribution in [2.75, 3.05) is 6.61 Å². The molecule has 1 aromatic carbocycles. The van der Waals surface area contributed by atoms with Gasteiger partial charge in [0, 0.05) is 0 Å². The molecule has 2 rings (SSSR count). The Bertz CT molecular complexity index is 500. The Morgan fingerprint density at radius 2 is 2.18 bits per heavy atom. The molecule has 1 N–H and O–H groups in total. The van der Waals surface area contributed by atoms with Crippen LogP contribution in [0, 0.1) is 0 Å². The van der Waals surface area contributed by atoms with E-state index in [0.29, 0.717) is 11.3 Å². The number of carbonyl (C=O) groups is 1. The van der Waals surface area contributed by atoms with Crippen LogP contribution >= 0.6 is 0 Å². The van der Waals surface area contributed by atoms with Crippen LogP contribution in [0.2, 0.25) is 0 Å². The number of para-hydroxylation sites is 1. The maximum Gasteiger partial charge on any atom is 0.341 e. The van der Waals surface area contributed by atoms with Gasteiger partial charge < -0.3 is 14.6 Å². The quantitative estimate of drug-likeness (QED) is 0.795. The number of benzene rings is 1. The molecule has 0 spiro atoms. The molecule has 4 heteroatoms. The molecule has 0 aliphatic carbocycles. The van der Waals surface area contributed by atoms with Gasteiger partial charge in [-0.05, 0) is 25.1 Å². The fourth-order valence-corrected chi connectivity index (χ4v) is 1.49. The predicted octanol–water partition coefficient (Wildman–Crippen LogP) is 2.42. The van der Waals surface area contributed by atoms with Crippen LogP contribution in [0.1, 0.15) is 12.5 Å². The number of fused-ring (bicyclic) bond motifs is 1. The molecule has 0 amide bonds. The summed E-state index contributed by atoms with van der Waals surface area (Å²) in [5, 5.41) is 9.86. The average molecular weight is 232 g/mol. The van der Waals surface area contributed by atoms with Crippen molar-refractivity contribution < 1.29 is 19.4 Å². The van der Waals surface area contributed by atoms with E-state index in [1.54, 1.807) is 31.2 Å². The first kappa shape index (κ1) is 11.3. The maximum atomic E-state index is 11.5.